The monoisotopic (exact) mass is 297 g/mol. The number of cyclic esters (lactones) is 1. The number of rotatable bonds is 1. The van der Waals surface area contributed by atoms with E-state index in [4.69, 9.17) is 27.9 Å². The summed E-state index contributed by atoms with van der Waals surface area (Å²) in [6.07, 6.45) is 0.176. The first kappa shape index (κ1) is 12.5. The van der Waals surface area contributed by atoms with Gasteiger partial charge in [-0.2, -0.15) is 0 Å². The van der Waals surface area contributed by atoms with Crippen molar-refractivity contribution in [3.05, 3.63) is 45.1 Å². The normalized spacial score (nSPS) is 22.1. The highest BCUT2D eigenvalue weighted by Gasteiger charge is 2.38. The Kier molecular flexibility index (Phi) is 2.99. The summed E-state index contributed by atoms with van der Waals surface area (Å²) in [5.41, 5.74) is 1.74. The van der Waals surface area contributed by atoms with Gasteiger partial charge in [0.05, 0.1) is 11.3 Å². The Bertz CT molecular complexity index is 624. The van der Waals surface area contributed by atoms with E-state index in [1.165, 1.54) is 0 Å². The highest BCUT2D eigenvalue weighted by atomic mass is 35.5. The summed E-state index contributed by atoms with van der Waals surface area (Å²) in [4.78, 5) is 23.5. The number of halogens is 2. The topological polar surface area (TPSA) is 55.4 Å². The summed E-state index contributed by atoms with van der Waals surface area (Å²) >= 11 is 12.0. The molecule has 2 heterocycles. The van der Waals surface area contributed by atoms with Crippen LogP contribution in [0.15, 0.2) is 29.5 Å². The molecule has 0 spiro atoms. The fourth-order valence-corrected chi connectivity index (χ4v) is 2.97. The van der Waals surface area contributed by atoms with Crippen molar-refractivity contribution < 1.29 is 14.3 Å². The molecule has 0 aliphatic carbocycles. The highest BCUT2D eigenvalue weighted by Crippen LogP contribution is 2.39. The van der Waals surface area contributed by atoms with Crippen LogP contribution in [0.4, 0.5) is 0 Å². The lowest BCUT2D eigenvalue weighted by atomic mass is 9.85. The van der Waals surface area contributed by atoms with Crippen LogP contribution in [0.1, 0.15) is 17.9 Å². The van der Waals surface area contributed by atoms with Crippen molar-refractivity contribution in [1.29, 1.82) is 0 Å². The molecule has 1 N–H and O–H groups in total. The first-order chi connectivity index (χ1) is 9.06. The molecule has 0 unspecified atom stereocenters. The molecule has 1 atom stereocenters. The third-order valence-corrected chi connectivity index (χ3v) is 3.82. The van der Waals surface area contributed by atoms with Gasteiger partial charge >= 0.3 is 5.97 Å². The molecule has 0 saturated carbocycles. The van der Waals surface area contributed by atoms with Crippen LogP contribution in [0.2, 0.25) is 10.0 Å². The number of carbonyl (C=O) groups is 2. The molecule has 3 rings (SSSR count). The fourth-order valence-electron chi connectivity index (χ4n) is 2.43. The van der Waals surface area contributed by atoms with Crippen molar-refractivity contribution in [3.63, 3.8) is 0 Å². The van der Waals surface area contributed by atoms with Crippen LogP contribution < -0.4 is 5.32 Å². The first-order valence-corrected chi connectivity index (χ1v) is 6.47. The van der Waals surface area contributed by atoms with E-state index in [2.05, 4.69) is 5.32 Å². The Labute approximate surface area is 119 Å². The Hall–Kier alpha value is -1.52. The minimum absolute atomic E-state index is 0.113. The molecule has 0 aromatic heterocycles. The molecule has 0 radical (unpaired) electrons. The maximum Gasteiger partial charge on any atom is 0.336 e. The number of ether oxygens (including phenoxy) is 1. The average molecular weight is 298 g/mol. The van der Waals surface area contributed by atoms with E-state index in [1.54, 1.807) is 18.2 Å². The molecule has 2 aliphatic rings. The molecule has 1 aromatic rings. The van der Waals surface area contributed by atoms with Gasteiger partial charge in [0.15, 0.2) is 0 Å². The van der Waals surface area contributed by atoms with E-state index in [0.29, 0.717) is 26.9 Å². The molecule has 2 aliphatic heterocycles. The number of hydrogen-bond acceptors (Lipinski definition) is 3. The molecule has 4 nitrogen and oxygen atoms in total. The van der Waals surface area contributed by atoms with E-state index in [9.17, 15) is 9.59 Å². The largest absolute Gasteiger partial charge is 0.456 e. The second-order valence-corrected chi connectivity index (χ2v) is 5.28. The van der Waals surface area contributed by atoms with Crippen molar-refractivity contribution in [2.24, 2.45) is 0 Å². The molecule has 19 heavy (non-hydrogen) atoms. The third kappa shape index (κ3) is 2.11. The van der Waals surface area contributed by atoms with Gasteiger partial charge in [-0.3, -0.25) is 4.79 Å². The zero-order valence-corrected chi connectivity index (χ0v) is 11.2. The van der Waals surface area contributed by atoms with Gasteiger partial charge < -0.3 is 10.1 Å². The van der Waals surface area contributed by atoms with Crippen molar-refractivity contribution >= 4 is 35.1 Å². The Morgan fingerprint density at radius 2 is 2.05 bits per heavy atom. The Morgan fingerprint density at radius 1 is 1.26 bits per heavy atom. The number of amides is 1. The van der Waals surface area contributed by atoms with E-state index in [-0.39, 0.29) is 24.9 Å². The molecule has 6 heteroatoms. The highest BCUT2D eigenvalue weighted by molar-refractivity contribution is 6.35. The number of hydrogen-bond donors (Lipinski definition) is 1. The lowest BCUT2D eigenvalue weighted by molar-refractivity contribution is -0.136. The molecule has 0 saturated heterocycles. The zero-order valence-electron chi connectivity index (χ0n) is 9.70. The van der Waals surface area contributed by atoms with Gasteiger partial charge in [0.2, 0.25) is 5.91 Å². The first-order valence-electron chi connectivity index (χ1n) is 5.71. The zero-order chi connectivity index (χ0) is 13.6. The lowest BCUT2D eigenvalue weighted by Gasteiger charge is -2.23. The van der Waals surface area contributed by atoms with Gasteiger partial charge in [-0.15, -0.1) is 0 Å². The third-order valence-electron chi connectivity index (χ3n) is 3.26. The standard InChI is InChI=1S/C13H9Cl2NO3/c14-6-1-2-7(9(15)3-6)8-4-11(17)16-10-5-19-13(18)12(8)10/h1-3,8H,4-5H2,(H,16,17)/t8-/m0/s1. The van der Waals surface area contributed by atoms with E-state index >= 15 is 0 Å². The SMILES string of the molecule is O=C1C[C@@H](c2ccc(Cl)cc2Cl)C2=C(COC2=O)N1. The van der Waals surface area contributed by atoms with Crippen LogP contribution in [-0.4, -0.2) is 18.5 Å². The Balaban J connectivity index is 2.10. The molecule has 98 valence electrons. The number of carbonyl (C=O) groups excluding carboxylic acids is 2. The van der Waals surface area contributed by atoms with Crippen molar-refractivity contribution in [3.8, 4) is 0 Å². The predicted octanol–water partition coefficient (Wildman–Crippen LogP) is 2.41. The molecule has 1 amide bonds. The minimum Gasteiger partial charge on any atom is -0.456 e. The van der Waals surface area contributed by atoms with Gasteiger partial charge in [0.1, 0.15) is 6.61 Å². The smallest absolute Gasteiger partial charge is 0.336 e. The fraction of sp³-hybridized carbons (Fsp3) is 0.231. The number of nitrogens with one attached hydrogen (secondary N) is 1. The summed E-state index contributed by atoms with van der Waals surface area (Å²) in [5.74, 6) is -0.914. The second-order valence-electron chi connectivity index (χ2n) is 4.44. The Morgan fingerprint density at radius 3 is 2.79 bits per heavy atom. The lowest BCUT2D eigenvalue weighted by Crippen LogP contribution is -2.32. The maximum absolute atomic E-state index is 11.8. The van der Waals surface area contributed by atoms with E-state index < -0.39 is 5.97 Å². The maximum atomic E-state index is 11.8. The average Bonchev–Trinajstić information content (AvgIpc) is 2.70. The van der Waals surface area contributed by atoms with E-state index in [1.807, 2.05) is 0 Å². The van der Waals surface area contributed by atoms with Crippen LogP contribution in [0.25, 0.3) is 0 Å². The van der Waals surface area contributed by atoms with Crippen LogP contribution in [0, 0.1) is 0 Å². The van der Waals surface area contributed by atoms with E-state index in [0.717, 1.165) is 0 Å². The van der Waals surface area contributed by atoms with Crippen LogP contribution in [-0.2, 0) is 14.3 Å². The molecular formula is C13H9Cl2NO3. The second kappa shape index (κ2) is 4.54. The molecule has 0 bridgehead atoms. The van der Waals surface area contributed by atoms with Crippen LogP contribution in [0.3, 0.4) is 0 Å². The summed E-state index contributed by atoms with van der Waals surface area (Å²) < 4.78 is 4.97. The number of esters is 1. The van der Waals surface area contributed by atoms with Crippen LogP contribution >= 0.6 is 23.2 Å². The minimum atomic E-state index is -0.397. The van der Waals surface area contributed by atoms with Crippen molar-refractivity contribution in [1.82, 2.24) is 5.32 Å². The van der Waals surface area contributed by atoms with Crippen molar-refractivity contribution in [2.45, 2.75) is 12.3 Å². The quantitative estimate of drug-likeness (QED) is 0.810. The van der Waals surface area contributed by atoms with Gasteiger partial charge in [-0.05, 0) is 17.7 Å². The number of benzene rings is 1. The van der Waals surface area contributed by atoms with Crippen molar-refractivity contribution in [2.75, 3.05) is 6.61 Å². The van der Waals surface area contributed by atoms with Gasteiger partial charge in [0, 0.05) is 22.4 Å². The molecule has 1 aromatic carbocycles. The van der Waals surface area contributed by atoms with Gasteiger partial charge in [0.25, 0.3) is 0 Å². The summed E-state index contributed by atoms with van der Waals surface area (Å²) in [7, 11) is 0. The summed E-state index contributed by atoms with van der Waals surface area (Å²) in [5, 5.41) is 3.62. The van der Waals surface area contributed by atoms with Gasteiger partial charge in [-0.25, -0.2) is 4.79 Å². The van der Waals surface area contributed by atoms with Crippen LogP contribution in [0.5, 0.6) is 0 Å². The molecule has 0 fully saturated rings. The predicted molar refractivity (Wildman–Crippen MR) is 69.9 cm³/mol. The summed E-state index contributed by atoms with van der Waals surface area (Å²) in [6.45, 7) is 0.113. The molecular weight excluding hydrogens is 289 g/mol. The van der Waals surface area contributed by atoms with Gasteiger partial charge in [-0.1, -0.05) is 29.3 Å². The summed E-state index contributed by atoms with van der Waals surface area (Å²) in [6, 6.07) is 5.03.